The van der Waals surface area contributed by atoms with Crippen molar-refractivity contribution in [2.45, 2.75) is 13.8 Å². The number of hydrogen-bond acceptors (Lipinski definition) is 1. The largest absolute Gasteiger partial charge is 0.286 e. The van der Waals surface area contributed by atoms with E-state index in [0.29, 0.717) is 0 Å². The van der Waals surface area contributed by atoms with Crippen LogP contribution in [-0.4, -0.2) is 10.2 Å². The van der Waals surface area contributed by atoms with E-state index in [0.717, 1.165) is 0 Å². The van der Waals surface area contributed by atoms with E-state index in [2.05, 4.69) is 10.2 Å². The Morgan fingerprint density at radius 3 is 2.29 bits per heavy atom. The first-order valence-electron chi connectivity index (χ1n) is 2.44. The second-order valence-corrected chi connectivity index (χ2v) is 0.766. The molecule has 0 radical (unpaired) electrons. The smallest absolute Gasteiger partial charge is 0.0487 e. The lowest BCUT2D eigenvalue weighted by atomic mass is 10.8. The molecule has 0 aliphatic heterocycles. The summed E-state index contributed by atoms with van der Waals surface area (Å²) in [6.07, 6.45) is 3.46. The predicted molar refractivity (Wildman–Crippen MR) is 29.9 cm³/mol. The minimum absolute atomic E-state index is 1.69. The van der Waals surface area contributed by atoms with Crippen molar-refractivity contribution in [3.8, 4) is 0 Å². The Balaban J connectivity index is 0.000000162. The van der Waals surface area contributed by atoms with Crippen molar-refractivity contribution in [1.29, 1.82) is 0 Å². The van der Waals surface area contributed by atoms with Crippen LogP contribution in [0.4, 0.5) is 0 Å². The van der Waals surface area contributed by atoms with Crippen LogP contribution in [0.25, 0.3) is 0 Å². The van der Waals surface area contributed by atoms with Crippen LogP contribution in [0.2, 0.25) is 0 Å². The molecule has 1 aromatic rings. The number of aromatic amines is 1. The van der Waals surface area contributed by atoms with Crippen LogP contribution >= 0.6 is 0 Å². The van der Waals surface area contributed by atoms with Gasteiger partial charge in [0.25, 0.3) is 0 Å². The van der Waals surface area contributed by atoms with E-state index in [4.69, 9.17) is 0 Å². The zero-order valence-corrected chi connectivity index (χ0v) is 4.68. The van der Waals surface area contributed by atoms with Crippen LogP contribution in [0, 0.1) is 0 Å². The van der Waals surface area contributed by atoms with Crippen molar-refractivity contribution in [2.24, 2.45) is 0 Å². The molecule has 0 saturated heterocycles. The number of rotatable bonds is 0. The summed E-state index contributed by atoms with van der Waals surface area (Å²) in [5.41, 5.74) is 0. The maximum absolute atomic E-state index is 3.60. The van der Waals surface area contributed by atoms with E-state index in [1.54, 1.807) is 12.4 Å². The van der Waals surface area contributed by atoms with Crippen molar-refractivity contribution >= 4 is 0 Å². The molecule has 0 aliphatic carbocycles. The highest BCUT2D eigenvalue weighted by atomic mass is 15.1. The molecule has 1 heterocycles. The van der Waals surface area contributed by atoms with Gasteiger partial charge >= 0.3 is 0 Å². The van der Waals surface area contributed by atoms with Crippen molar-refractivity contribution in [2.75, 3.05) is 0 Å². The molecule has 0 amide bonds. The van der Waals surface area contributed by atoms with Crippen LogP contribution in [0.1, 0.15) is 13.8 Å². The summed E-state index contributed by atoms with van der Waals surface area (Å²) in [6.45, 7) is 4.00. The highest BCUT2D eigenvalue weighted by Crippen LogP contribution is 1.64. The molecule has 7 heavy (non-hydrogen) atoms. The van der Waals surface area contributed by atoms with Gasteiger partial charge in [0.15, 0.2) is 0 Å². The predicted octanol–water partition coefficient (Wildman–Crippen LogP) is 1.44. The molecule has 0 atom stereocenters. The highest BCUT2D eigenvalue weighted by Gasteiger charge is 1.56. The van der Waals surface area contributed by atoms with E-state index < -0.39 is 0 Å². The first-order valence-corrected chi connectivity index (χ1v) is 2.44. The minimum atomic E-state index is 1.69. The summed E-state index contributed by atoms with van der Waals surface area (Å²) in [5, 5.41) is 6.21. The second-order valence-electron chi connectivity index (χ2n) is 0.766. The monoisotopic (exact) mass is 98.1 g/mol. The lowest BCUT2D eigenvalue weighted by molar-refractivity contribution is 1.09. The van der Waals surface area contributed by atoms with Crippen LogP contribution in [0.3, 0.4) is 0 Å². The summed E-state index contributed by atoms with van der Waals surface area (Å²) in [4.78, 5) is 0. The van der Waals surface area contributed by atoms with Gasteiger partial charge in [-0.25, -0.2) is 0 Å². The van der Waals surface area contributed by atoms with E-state index >= 15 is 0 Å². The van der Waals surface area contributed by atoms with Crippen LogP contribution in [0.15, 0.2) is 18.5 Å². The first-order chi connectivity index (χ1) is 3.50. The molecule has 0 aromatic carbocycles. The molecule has 0 saturated carbocycles. The molecule has 0 spiro atoms. The van der Waals surface area contributed by atoms with Crippen LogP contribution in [-0.2, 0) is 0 Å². The van der Waals surface area contributed by atoms with Gasteiger partial charge in [0.1, 0.15) is 0 Å². The molecule has 40 valence electrons. The standard InChI is InChI=1S/C3H4N2.C2H6/c1-2-4-5-3-1;1-2/h1-3H,(H,4,5);1-2H3. The fraction of sp³-hybridized carbons (Fsp3) is 0.400. The Morgan fingerprint density at radius 2 is 2.14 bits per heavy atom. The first kappa shape index (κ1) is 6.21. The van der Waals surface area contributed by atoms with Gasteiger partial charge in [-0.05, 0) is 6.07 Å². The summed E-state index contributed by atoms with van der Waals surface area (Å²) in [6, 6.07) is 1.83. The summed E-state index contributed by atoms with van der Waals surface area (Å²) in [5.74, 6) is 0. The van der Waals surface area contributed by atoms with Crippen molar-refractivity contribution in [3.05, 3.63) is 18.5 Å². The van der Waals surface area contributed by atoms with Crippen molar-refractivity contribution in [1.82, 2.24) is 10.2 Å². The normalized spacial score (nSPS) is 6.57. The lowest BCUT2D eigenvalue weighted by Crippen LogP contribution is -1.53. The SMILES string of the molecule is CC.c1cn[nH]c1. The average Bonchev–Trinajstić information content (AvgIpc) is 2.23. The molecule has 0 aliphatic rings. The Labute approximate surface area is 43.6 Å². The summed E-state index contributed by atoms with van der Waals surface area (Å²) < 4.78 is 0. The molecule has 2 nitrogen and oxygen atoms in total. The Bertz CT molecular complexity index is 62.6. The summed E-state index contributed by atoms with van der Waals surface area (Å²) in [7, 11) is 0. The van der Waals surface area contributed by atoms with E-state index in [1.807, 2.05) is 19.9 Å². The maximum atomic E-state index is 3.60. The average molecular weight is 98.1 g/mol. The van der Waals surface area contributed by atoms with E-state index in [-0.39, 0.29) is 0 Å². The maximum Gasteiger partial charge on any atom is 0.0487 e. The van der Waals surface area contributed by atoms with Crippen LogP contribution in [0.5, 0.6) is 0 Å². The number of nitrogens with zero attached hydrogens (tertiary/aromatic N) is 1. The number of aromatic nitrogens is 2. The summed E-state index contributed by atoms with van der Waals surface area (Å²) >= 11 is 0. The van der Waals surface area contributed by atoms with Gasteiger partial charge in [0.05, 0.1) is 0 Å². The molecule has 1 rings (SSSR count). The van der Waals surface area contributed by atoms with Crippen molar-refractivity contribution < 1.29 is 0 Å². The fourth-order valence-corrected chi connectivity index (χ4v) is 0.215. The highest BCUT2D eigenvalue weighted by molar-refractivity contribution is 4.72. The Morgan fingerprint density at radius 1 is 1.43 bits per heavy atom. The van der Waals surface area contributed by atoms with Crippen LogP contribution < -0.4 is 0 Å². The molecule has 0 fully saturated rings. The quantitative estimate of drug-likeness (QED) is 0.522. The zero-order chi connectivity index (χ0) is 5.54. The van der Waals surface area contributed by atoms with Gasteiger partial charge in [-0.3, -0.25) is 5.10 Å². The molecule has 1 aromatic heterocycles. The zero-order valence-electron chi connectivity index (χ0n) is 4.68. The number of nitrogens with one attached hydrogen (secondary N) is 1. The third-order valence-corrected chi connectivity index (χ3v) is 0.406. The lowest BCUT2D eigenvalue weighted by Gasteiger charge is -1.49. The van der Waals surface area contributed by atoms with Crippen molar-refractivity contribution in [3.63, 3.8) is 0 Å². The molecular weight excluding hydrogens is 88.1 g/mol. The molecule has 0 bridgehead atoms. The second kappa shape index (κ2) is 5.21. The number of hydrogen-bond donors (Lipinski definition) is 1. The fourth-order valence-electron chi connectivity index (χ4n) is 0.215. The van der Waals surface area contributed by atoms with Gasteiger partial charge in [-0.15, -0.1) is 0 Å². The third-order valence-electron chi connectivity index (χ3n) is 0.406. The third kappa shape index (κ3) is 3.03. The molecule has 2 heteroatoms. The van der Waals surface area contributed by atoms with E-state index in [9.17, 15) is 0 Å². The Kier molecular flexibility index (Phi) is 4.62. The minimum Gasteiger partial charge on any atom is -0.286 e. The number of H-pyrrole nitrogens is 1. The molecular formula is C5H10N2. The Hall–Kier alpha value is -0.790. The van der Waals surface area contributed by atoms with Gasteiger partial charge in [-0.1, -0.05) is 13.8 Å². The topological polar surface area (TPSA) is 28.7 Å². The van der Waals surface area contributed by atoms with Gasteiger partial charge in [0.2, 0.25) is 0 Å². The molecule has 0 unspecified atom stereocenters. The van der Waals surface area contributed by atoms with Gasteiger partial charge in [-0.2, -0.15) is 5.10 Å². The van der Waals surface area contributed by atoms with Gasteiger partial charge < -0.3 is 0 Å². The van der Waals surface area contributed by atoms with E-state index in [1.165, 1.54) is 0 Å². The van der Waals surface area contributed by atoms with Gasteiger partial charge in [0, 0.05) is 12.4 Å². The molecule has 1 N–H and O–H groups in total.